The van der Waals surface area contributed by atoms with Crippen molar-refractivity contribution in [2.45, 2.75) is 37.0 Å². The molecule has 0 saturated heterocycles. The van der Waals surface area contributed by atoms with E-state index in [0.29, 0.717) is 17.5 Å². The van der Waals surface area contributed by atoms with Crippen LogP contribution in [0.2, 0.25) is 0 Å². The summed E-state index contributed by atoms with van der Waals surface area (Å²) in [6.07, 6.45) is 4.24. The smallest absolute Gasteiger partial charge is 0.267 e. The van der Waals surface area contributed by atoms with Crippen LogP contribution >= 0.6 is 0 Å². The molecule has 0 aliphatic heterocycles. The summed E-state index contributed by atoms with van der Waals surface area (Å²) in [4.78, 5) is 12.4. The highest BCUT2D eigenvalue weighted by atomic mass is 32.2. The standard InChI is InChI=1S/C25H23N3O3S/c29-25-22-13-4-3-12-21(22)23(26-27-25)16-17-7-5-10-19(15-17)28-32(30,31)24-14-6-9-18-8-1-2-11-20(18)24/h1-2,5-11,14-15,28H,3-4,12-13,16H2,(H,27,29). The van der Waals surface area contributed by atoms with Crippen LogP contribution in [0.4, 0.5) is 5.69 Å². The van der Waals surface area contributed by atoms with Crippen LogP contribution in [-0.4, -0.2) is 18.6 Å². The molecule has 2 N–H and O–H groups in total. The Morgan fingerprint density at radius 2 is 1.66 bits per heavy atom. The van der Waals surface area contributed by atoms with Crippen molar-refractivity contribution in [1.82, 2.24) is 10.2 Å². The van der Waals surface area contributed by atoms with Gasteiger partial charge in [0, 0.05) is 23.1 Å². The van der Waals surface area contributed by atoms with Gasteiger partial charge in [-0.05, 0) is 60.4 Å². The molecule has 0 fully saturated rings. The molecule has 0 amide bonds. The monoisotopic (exact) mass is 445 g/mol. The van der Waals surface area contributed by atoms with Gasteiger partial charge in [-0.15, -0.1) is 0 Å². The van der Waals surface area contributed by atoms with Crippen molar-refractivity contribution in [3.05, 3.63) is 99.5 Å². The average molecular weight is 446 g/mol. The summed E-state index contributed by atoms with van der Waals surface area (Å²) in [7, 11) is -3.76. The van der Waals surface area contributed by atoms with E-state index in [1.165, 1.54) is 0 Å². The zero-order valence-corrected chi connectivity index (χ0v) is 18.3. The molecule has 1 aliphatic rings. The first kappa shape index (κ1) is 20.5. The second-order valence-electron chi connectivity index (χ2n) is 8.12. The van der Waals surface area contributed by atoms with Gasteiger partial charge < -0.3 is 0 Å². The van der Waals surface area contributed by atoms with Crippen LogP contribution in [0.1, 0.15) is 35.2 Å². The fourth-order valence-electron chi connectivity index (χ4n) is 4.45. The number of hydrogen-bond acceptors (Lipinski definition) is 4. The Kier molecular flexibility index (Phi) is 5.27. The normalized spacial score (nSPS) is 13.6. The highest BCUT2D eigenvalue weighted by molar-refractivity contribution is 7.93. The van der Waals surface area contributed by atoms with Crippen molar-refractivity contribution in [3.63, 3.8) is 0 Å². The number of anilines is 1. The Hall–Kier alpha value is -3.45. The molecule has 0 unspecified atom stereocenters. The molecule has 0 spiro atoms. The zero-order chi connectivity index (χ0) is 22.1. The van der Waals surface area contributed by atoms with Gasteiger partial charge in [-0.2, -0.15) is 5.10 Å². The predicted octanol–water partition coefficient (Wildman–Crippen LogP) is 4.19. The molecular weight excluding hydrogens is 422 g/mol. The predicted molar refractivity (Wildman–Crippen MR) is 126 cm³/mol. The second-order valence-corrected chi connectivity index (χ2v) is 9.77. The molecule has 4 aromatic rings. The Labute approximate surface area is 186 Å². The molecule has 0 atom stereocenters. The van der Waals surface area contributed by atoms with Crippen LogP contribution in [0.25, 0.3) is 10.8 Å². The van der Waals surface area contributed by atoms with Crippen molar-refractivity contribution in [2.75, 3.05) is 4.72 Å². The number of sulfonamides is 1. The molecule has 32 heavy (non-hydrogen) atoms. The van der Waals surface area contributed by atoms with Gasteiger partial charge in [0.1, 0.15) is 0 Å². The van der Waals surface area contributed by atoms with Crippen molar-refractivity contribution < 1.29 is 8.42 Å². The van der Waals surface area contributed by atoms with Crippen LogP contribution in [0.3, 0.4) is 0 Å². The van der Waals surface area contributed by atoms with E-state index in [9.17, 15) is 13.2 Å². The minimum atomic E-state index is -3.76. The fourth-order valence-corrected chi connectivity index (χ4v) is 5.73. The molecule has 1 aliphatic carbocycles. The van der Waals surface area contributed by atoms with Gasteiger partial charge in [-0.1, -0.05) is 48.5 Å². The summed E-state index contributed by atoms with van der Waals surface area (Å²) in [6, 6.07) is 20.0. The van der Waals surface area contributed by atoms with Crippen molar-refractivity contribution in [1.29, 1.82) is 0 Å². The SMILES string of the molecule is O=c1[nH]nc(Cc2cccc(NS(=O)(=O)c3cccc4ccccc34)c2)c2c1CCCC2. The van der Waals surface area contributed by atoms with Gasteiger partial charge in [0.05, 0.1) is 10.6 Å². The van der Waals surface area contributed by atoms with E-state index in [1.807, 2.05) is 48.5 Å². The molecule has 5 rings (SSSR count). The number of aromatic nitrogens is 2. The Morgan fingerprint density at radius 1 is 0.906 bits per heavy atom. The molecule has 0 radical (unpaired) electrons. The Morgan fingerprint density at radius 3 is 2.53 bits per heavy atom. The summed E-state index contributed by atoms with van der Waals surface area (Å²) in [5.74, 6) is 0. The van der Waals surface area contributed by atoms with Crippen LogP contribution in [-0.2, 0) is 29.3 Å². The number of rotatable bonds is 5. The molecular formula is C25H23N3O3S. The topological polar surface area (TPSA) is 91.9 Å². The van der Waals surface area contributed by atoms with E-state index in [-0.39, 0.29) is 10.5 Å². The van der Waals surface area contributed by atoms with Gasteiger partial charge in [-0.25, -0.2) is 13.5 Å². The van der Waals surface area contributed by atoms with E-state index in [0.717, 1.165) is 53.5 Å². The van der Waals surface area contributed by atoms with Crippen molar-refractivity contribution >= 4 is 26.5 Å². The largest absolute Gasteiger partial charge is 0.280 e. The van der Waals surface area contributed by atoms with Gasteiger partial charge in [0.2, 0.25) is 0 Å². The number of aromatic amines is 1. The highest BCUT2D eigenvalue weighted by Gasteiger charge is 2.19. The van der Waals surface area contributed by atoms with E-state index < -0.39 is 10.0 Å². The number of hydrogen-bond donors (Lipinski definition) is 2. The van der Waals surface area contributed by atoms with E-state index in [2.05, 4.69) is 14.9 Å². The molecule has 162 valence electrons. The van der Waals surface area contributed by atoms with Gasteiger partial charge in [0.15, 0.2) is 0 Å². The maximum Gasteiger partial charge on any atom is 0.267 e. The third-order valence-electron chi connectivity index (χ3n) is 5.97. The van der Waals surface area contributed by atoms with Crippen LogP contribution in [0.15, 0.2) is 76.4 Å². The molecule has 1 aromatic heterocycles. The maximum absolute atomic E-state index is 13.2. The lowest BCUT2D eigenvalue weighted by molar-refractivity contribution is 0.602. The zero-order valence-electron chi connectivity index (χ0n) is 17.5. The Balaban J connectivity index is 1.44. The quantitative estimate of drug-likeness (QED) is 0.482. The number of fused-ring (bicyclic) bond motifs is 2. The molecule has 0 bridgehead atoms. The molecule has 1 heterocycles. The third kappa shape index (κ3) is 3.91. The summed E-state index contributed by atoms with van der Waals surface area (Å²) < 4.78 is 29.0. The maximum atomic E-state index is 13.2. The fraction of sp³-hybridized carbons (Fsp3) is 0.200. The van der Waals surface area contributed by atoms with Crippen LogP contribution < -0.4 is 10.3 Å². The lowest BCUT2D eigenvalue weighted by Gasteiger charge is -2.17. The van der Waals surface area contributed by atoms with E-state index in [4.69, 9.17) is 0 Å². The van der Waals surface area contributed by atoms with Gasteiger partial charge in [-0.3, -0.25) is 9.52 Å². The summed E-state index contributed by atoms with van der Waals surface area (Å²) in [5.41, 5.74) is 4.06. The number of nitrogens with zero attached hydrogens (tertiary/aromatic N) is 1. The first-order chi connectivity index (χ1) is 15.5. The summed E-state index contributed by atoms with van der Waals surface area (Å²) in [6.45, 7) is 0. The van der Waals surface area contributed by atoms with Crippen LogP contribution in [0.5, 0.6) is 0 Å². The van der Waals surface area contributed by atoms with Crippen molar-refractivity contribution in [3.8, 4) is 0 Å². The first-order valence-electron chi connectivity index (χ1n) is 10.7. The lowest BCUT2D eigenvalue weighted by Crippen LogP contribution is -2.23. The summed E-state index contributed by atoms with van der Waals surface area (Å²) >= 11 is 0. The minimum Gasteiger partial charge on any atom is -0.280 e. The molecule has 7 heteroatoms. The minimum absolute atomic E-state index is 0.0972. The van der Waals surface area contributed by atoms with Crippen molar-refractivity contribution in [2.24, 2.45) is 0 Å². The van der Waals surface area contributed by atoms with Gasteiger partial charge in [0.25, 0.3) is 15.6 Å². The molecule has 3 aromatic carbocycles. The number of benzene rings is 3. The number of nitrogens with one attached hydrogen (secondary N) is 2. The van der Waals surface area contributed by atoms with E-state index in [1.54, 1.807) is 18.2 Å². The highest BCUT2D eigenvalue weighted by Crippen LogP contribution is 2.26. The second kappa shape index (κ2) is 8.24. The number of H-pyrrole nitrogens is 1. The third-order valence-corrected chi connectivity index (χ3v) is 7.41. The Bertz CT molecular complexity index is 1470. The summed E-state index contributed by atoms with van der Waals surface area (Å²) in [5, 5.41) is 8.48. The molecule has 6 nitrogen and oxygen atoms in total. The first-order valence-corrected chi connectivity index (χ1v) is 12.2. The van der Waals surface area contributed by atoms with Crippen LogP contribution in [0, 0.1) is 0 Å². The van der Waals surface area contributed by atoms with Gasteiger partial charge >= 0.3 is 0 Å². The lowest BCUT2D eigenvalue weighted by atomic mass is 9.90. The average Bonchev–Trinajstić information content (AvgIpc) is 2.81. The van der Waals surface area contributed by atoms with E-state index >= 15 is 0 Å². The molecule has 0 saturated carbocycles.